The SMILES string of the molecule is Cc1nc2c(c(=O)n1CCOc1ccc(Br)cc1-c1cccc(C(=O)O)c1)CN(C)CC2. The molecule has 4 rings (SSSR count). The molecule has 8 heteroatoms. The predicted octanol–water partition coefficient (Wildman–Crippen LogP) is 3.75. The van der Waals surface area contributed by atoms with Crippen LogP contribution in [0.3, 0.4) is 0 Å². The molecule has 0 fully saturated rings. The number of likely N-dealkylation sites (N-methyl/N-ethyl adjacent to an activating group) is 1. The number of rotatable bonds is 6. The lowest BCUT2D eigenvalue weighted by Crippen LogP contribution is -2.37. The number of carbonyl (C=O) groups is 1. The summed E-state index contributed by atoms with van der Waals surface area (Å²) in [4.78, 5) is 31.2. The molecule has 32 heavy (non-hydrogen) atoms. The van der Waals surface area contributed by atoms with Gasteiger partial charge in [0.15, 0.2) is 0 Å². The van der Waals surface area contributed by atoms with Gasteiger partial charge in [0, 0.05) is 29.5 Å². The van der Waals surface area contributed by atoms with Crippen LogP contribution in [0.25, 0.3) is 11.1 Å². The molecule has 1 aliphatic rings. The standard InChI is InChI=1S/C24H24BrN3O4/c1-15-26-21-8-9-27(2)14-20(21)23(29)28(15)10-11-32-22-7-6-18(25)13-19(22)16-4-3-5-17(12-16)24(30)31/h3-7,12-13H,8-11,14H2,1-2H3,(H,30,31). The third-order valence-corrected chi connectivity index (χ3v) is 6.13. The zero-order valence-electron chi connectivity index (χ0n) is 18.0. The maximum absolute atomic E-state index is 13.0. The molecule has 0 saturated heterocycles. The van der Waals surface area contributed by atoms with E-state index in [1.807, 2.05) is 38.2 Å². The van der Waals surface area contributed by atoms with Crippen molar-refractivity contribution in [3.8, 4) is 16.9 Å². The van der Waals surface area contributed by atoms with Crippen molar-refractivity contribution in [2.24, 2.45) is 0 Å². The van der Waals surface area contributed by atoms with Crippen molar-refractivity contribution in [1.29, 1.82) is 0 Å². The first-order chi connectivity index (χ1) is 15.3. The second-order valence-corrected chi connectivity index (χ2v) is 8.82. The minimum absolute atomic E-state index is 0.00663. The molecule has 0 radical (unpaired) electrons. The first-order valence-electron chi connectivity index (χ1n) is 10.4. The van der Waals surface area contributed by atoms with Crippen LogP contribution < -0.4 is 10.3 Å². The molecule has 1 N–H and O–H groups in total. The van der Waals surface area contributed by atoms with Gasteiger partial charge in [0.05, 0.1) is 23.4 Å². The number of halogens is 1. The fourth-order valence-corrected chi connectivity index (χ4v) is 4.31. The van der Waals surface area contributed by atoms with E-state index in [9.17, 15) is 14.7 Å². The van der Waals surface area contributed by atoms with Crippen molar-refractivity contribution in [1.82, 2.24) is 14.5 Å². The quantitative estimate of drug-likeness (QED) is 0.558. The zero-order chi connectivity index (χ0) is 22.8. The highest BCUT2D eigenvalue weighted by molar-refractivity contribution is 9.10. The van der Waals surface area contributed by atoms with Crippen LogP contribution in [0.5, 0.6) is 5.75 Å². The van der Waals surface area contributed by atoms with E-state index in [0.29, 0.717) is 24.7 Å². The normalized spacial score (nSPS) is 13.6. The van der Waals surface area contributed by atoms with Gasteiger partial charge >= 0.3 is 5.97 Å². The smallest absolute Gasteiger partial charge is 0.335 e. The van der Waals surface area contributed by atoms with Gasteiger partial charge in [0.2, 0.25) is 0 Å². The van der Waals surface area contributed by atoms with E-state index in [-0.39, 0.29) is 17.7 Å². The van der Waals surface area contributed by atoms with Gasteiger partial charge in [-0.3, -0.25) is 9.36 Å². The van der Waals surface area contributed by atoms with Gasteiger partial charge in [-0.2, -0.15) is 0 Å². The Morgan fingerprint density at radius 2 is 2.06 bits per heavy atom. The molecular formula is C24H24BrN3O4. The van der Waals surface area contributed by atoms with Gasteiger partial charge in [-0.1, -0.05) is 28.1 Å². The average Bonchev–Trinajstić information content (AvgIpc) is 2.77. The summed E-state index contributed by atoms with van der Waals surface area (Å²) < 4.78 is 8.59. The third kappa shape index (κ3) is 4.61. The van der Waals surface area contributed by atoms with Crippen LogP contribution in [0.4, 0.5) is 0 Å². The van der Waals surface area contributed by atoms with Crippen LogP contribution >= 0.6 is 15.9 Å². The average molecular weight is 498 g/mol. The van der Waals surface area contributed by atoms with Gasteiger partial charge in [-0.25, -0.2) is 9.78 Å². The highest BCUT2D eigenvalue weighted by Gasteiger charge is 2.20. The van der Waals surface area contributed by atoms with Crippen LogP contribution in [-0.4, -0.2) is 45.7 Å². The molecule has 3 aromatic rings. The fourth-order valence-electron chi connectivity index (χ4n) is 3.95. The van der Waals surface area contributed by atoms with Crippen molar-refractivity contribution in [3.63, 3.8) is 0 Å². The number of benzene rings is 2. The zero-order valence-corrected chi connectivity index (χ0v) is 19.6. The minimum atomic E-state index is -0.982. The highest BCUT2D eigenvalue weighted by Crippen LogP contribution is 2.33. The Kier molecular flexibility index (Phi) is 6.43. The maximum Gasteiger partial charge on any atom is 0.335 e. The number of aromatic nitrogens is 2. The minimum Gasteiger partial charge on any atom is -0.491 e. The molecule has 7 nitrogen and oxygen atoms in total. The number of aryl methyl sites for hydroxylation is 1. The number of carboxylic acid groups (broad SMARTS) is 1. The Hall–Kier alpha value is -2.97. The van der Waals surface area contributed by atoms with Crippen molar-refractivity contribution < 1.29 is 14.6 Å². The molecule has 2 heterocycles. The Balaban J connectivity index is 1.57. The fraction of sp³-hybridized carbons (Fsp3) is 0.292. The van der Waals surface area contributed by atoms with Crippen LogP contribution in [0.1, 0.15) is 27.4 Å². The Labute approximate surface area is 194 Å². The maximum atomic E-state index is 13.0. The van der Waals surface area contributed by atoms with Crippen LogP contribution in [-0.2, 0) is 19.5 Å². The predicted molar refractivity (Wildman–Crippen MR) is 125 cm³/mol. The summed E-state index contributed by atoms with van der Waals surface area (Å²) in [7, 11) is 2.00. The summed E-state index contributed by atoms with van der Waals surface area (Å²) in [6, 6.07) is 12.3. The first-order valence-corrected chi connectivity index (χ1v) is 11.2. The number of nitrogens with zero attached hydrogens (tertiary/aromatic N) is 3. The van der Waals surface area contributed by atoms with E-state index < -0.39 is 5.97 Å². The number of hydrogen-bond donors (Lipinski definition) is 1. The molecule has 1 aliphatic heterocycles. The first kappa shape index (κ1) is 22.2. The summed E-state index contributed by atoms with van der Waals surface area (Å²) in [6.07, 6.45) is 0.789. The third-order valence-electron chi connectivity index (χ3n) is 5.63. The van der Waals surface area contributed by atoms with Crippen LogP contribution in [0.2, 0.25) is 0 Å². The molecule has 0 spiro atoms. The second kappa shape index (κ2) is 9.26. The van der Waals surface area contributed by atoms with Gasteiger partial charge < -0.3 is 14.7 Å². The van der Waals surface area contributed by atoms with E-state index in [1.165, 1.54) is 0 Å². The van der Waals surface area contributed by atoms with E-state index in [4.69, 9.17) is 4.74 Å². The second-order valence-electron chi connectivity index (χ2n) is 7.90. The molecule has 0 amide bonds. The molecule has 0 aliphatic carbocycles. The van der Waals surface area contributed by atoms with Gasteiger partial charge in [-0.05, 0) is 49.9 Å². The number of fused-ring (bicyclic) bond motifs is 1. The Bertz CT molecular complexity index is 1240. The monoisotopic (exact) mass is 497 g/mol. The molecule has 166 valence electrons. The lowest BCUT2D eigenvalue weighted by Gasteiger charge is -2.25. The molecule has 0 unspecified atom stereocenters. The van der Waals surface area contributed by atoms with E-state index in [0.717, 1.165) is 39.8 Å². The van der Waals surface area contributed by atoms with Gasteiger partial charge in [0.1, 0.15) is 18.2 Å². The van der Waals surface area contributed by atoms with E-state index in [1.54, 1.807) is 22.8 Å². The van der Waals surface area contributed by atoms with E-state index >= 15 is 0 Å². The lowest BCUT2D eigenvalue weighted by molar-refractivity contribution is 0.0697. The summed E-state index contributed by atoms with van der Waals surface area (Å²) in [5.74, 6) is 0.323. The number of ether oxygens (including phenoxy) is 1. The van der Waals surface area contributed by atoms with E-state index in [2.05, 4.69) is 25.8 Å². The van der Waals surface area contributed by atoms with Crippen LogP contribution in [0.15, 0.2) is 51.7 Å². The van der Waals surface area contributed by atoms with Gasteiger partial charge in [0.25, 0.3) is 5.56 Å². The van der Waals surface area contributed by atoms with Crippen molar-refractivity contribution in [2.75, 3.05) is 20.2 Å². The highest BCUT2D eigenvalue weighted by atomic mass is 79.9. The molecule has 0 saturated carbocycles. The van der Waals surface area contributed by atoms with Crippen molar-refractivity contribution in [3.05, 3.63) is 79.9 Å². The molecular weight excluding hydrogens is 474 g/mol. The number of hydrogen-bond acceptors (Lipinski definition) is 5. The molecule has 1 aromatic heterocycles. The van der Waals surface area contributed by atoms with Crippen molar-refractivity contribution in [2.45, 2.75) is 26.4 Å². The lowest BCUT2D eigenvalue weighted by atomic mass is 10.0. The molecule has 2 aromatic carbocycles. The summed E-state index contributed by atoms with van der Waals surface area (Å²) >= 11 is 3.48. The summed E-state index contributed by atoms with van der Waals surface area (Å²) in [5, 5.41) is 9.32. The Morgan fingerprint density at radius 1 is 1.25 bits per heavy atom. The van der Waals surface area contributed by atoms with Crippen LogP contribution in [0, 0.1) is 6.92 Å². The Morgan fingerprint density at radius 3 is 2.84 bits per heavy atom. The summed E-state index contributed by atoms with van der Waals surface area (Å²) in [6.45, 7) is 4.02. The number of carboxylic acids is 1. The number of aromatic carboxylic acids is 1. The topological polar surface area (TPSA) is 84.7 Å². The van der Waals surface area contributed by atoms with Crippen molar-refractivity contribution >= 4 is 21.9 Å². The largest absolute Gasteiger partial charge is 0.491 e. The van der Waals surface area contributed by atoms with Gasteiger partial charge in [-0.15, -0.1) is 0 Å². The molecule has 0 bridgehead atoms. The molecule has 0 atom stereocenters. The summed E-state index contributed by atoms with van der Waals surface area (Å²) in [5.41, 5.74) is 3.38.